The van der Waals surface area contributed by atoms with Crippen molar-refractivity contribution in [2.45, 2.75) is 26.4 Å². The molecule has 0 fully saturated rings. The Morgan fingerprint density at radius 3 is 2.39 bits per heavy atom. The number of benzene rings is 2. The van der Waals surface area contributed by atoms with Crippen LogP contribution in [0, 0.1) is 6.92 Å². The molecule has 6 heteroatoms. The number of hydrogen-bond donors (Lipinski definition) is 1. The second-order valence-corrected chi connectivity index (χ2v) is 7.48. The van der Waals surface area contributed by atoms with E-state index in [1.165, 1.54) is 0 Å². The smallest absolute Gasteiger partial charge is 0.251 e. The van der Waals surface area contributed by atoms with Crippen LogP contribution in [0.5, 0.6) is 0 Å². The molecule has 0 aliphatic heterocycles. The van der Waals surface area contributed by atoms with Gasteiger partial charge < -0.3 is 14.8 Å². The molecule has 0 aliphatic rings. The fourth-order valence-electron chi connectivity index (χ4n) is 3.47. The van der Waals surface area contributed by atoms with Gasteiger partial charge in [-0.2, -0.15) is 0 Å². The molecule has 0 aliphatic carbocycles. The van der Waals surface area contributed by atoms with E-state index in [9.17, 15) is 9.59 Å². The van der Waals surface area contributed by atoms with Gasteiger partial charge in [-0.3, -0.25) is 9.59 Å². The molecular formula is C25H28N4O2. The molecular weight excluding hydrogens is 388 g/mol. The molecule has 1 heterocycles. The van der Waals surface area contributed by atoms with Crippen LogP contribution in [0.3, 0.4) is 0 Å². The van der Waals surface area contributed by atoms with Crippen molar-refractivity contribution in [1.82, 2.24) is 19.8 Å². The highest BCUT2D eigenvalue weighted by Crippen LogP contribution is 2.21. The zero-order valence-corrected chi connectivity index (χ0v) is 18.0. The lowest BCUT2D eigenvalue weighted by atomic mass is 10.1. The molecule has 3 rings (SSSR count). The van der Waals surface area contributed by atoms with Crippen molar-refractivity contribution in [3.05, 3.63) is 90.8 Å². The number of nitrogens with zero attached hydrogens (tertiary/aromatic N) is 3. The number of aromatic nitrogens is 2. The van der Waals surface area contributed by atoms with Gasteiger partial charge in [0.2, 0.25) is 5.91 Å². The van der Waals surface area contributed by atoms with Crippen LogP contribution in [-0.4, -0.2) is 39.4 Å². The maximum atomic E-state index is 13.0. The van der Waals surface area contributed by atoms with Gasteiger partial charge >= 0.3 is 0 Å². The summed E-state index contributed by atoms with van der Waals surface area (Å²) >= 11 is 0. The molecule has 2 amide bonds. The van der Waals surface area contributed by atoms with E-state index >= 15 is 0 Å². The van der Waals surface area contributed by atoms with Crippen LogP contribution < -0.4 is 5.32 Å². The number of carbonyl (C=O) groups excluding carboxylic acids is 2. The minimum Gasteiger partial charge on any atom is -0.342 e. The number of para-hydroxylation sites is 2. The van der Waals surface area contributed by atoms with Crippen molar-refractivity contribution < 1.29 is 9.59 Å². The number of imidazole rings is 1. The van der Waals surface area contributed by atoms with E-state index in [0.717, 1.165) is 16.6 Å². The molecule has 160 valence electrons. The summed E-state index contributed by atoms with van der Waals surface area (Å²) in [4.78, 5) is 32.1. The van der Waals surface area contributed by atoms with Gasteiger partial charge in [0.15, 0.2) is 0 Å². The highest BCUT2D eigenvalue weighted by atomic mass is 16.2. The van der Waals surface area contributed by atoms with Crippen molar-refractivity contribution >= 4 is 22.8 Å². The molecule has 0 saturated heterocycles. The Morgan fingerprint density at radius 2 is 1.74 bits per heavy atom. The minimum atomic E-state index is -0.388. The molecule has 2 aromatic carbocycles. The van der Waals surface area contributed by atoms with E-state index in [1.807, 2.05) is 54.8 Å². The lowest BCUT2D eigenvalue weighted by Gasteiger charge is -2.22. The summed E-state index contributed by atoms with van der Waals surface area (Å²) in [7, 11) is 0. The highest BCUT2D eigenvalue weighted by molar-refractivity contribution is 5.94. The first kappa shape index (κ1) is 22.0. The Labute approximate surface area is 182 Å². The predicted octanol–water partition coefficient (Wildman–Crippen LogP) is 4.04. The second-order valence-electron chi connectivity index (χ2n) is 7.48. The van der Waals surface area contributed by atoms with Gasteiger partial charge in [0, 0.05) is 18.7 Å². The normalized spacial score (nSPS) is 11.7. The first-order valence-corrected chi connectivity index (χ1v) is 10.3. The zero-order chi connectivity index (χ0) is 22.4. The Balaban J connectivity index is 1.90. The van der Waals surface area contributed by atoms with E-state index < -0.39 is 0 Å². The number of fused-ring (bicyclic) bond motifs is 1. The first-order valence-electron chi connectivity index (χ1n) is 10.3. The molecule has 1 atom stereocenters. The zero-order valence-electron chi connectivity index (χ0n) is 18.0. The van der Waals surface area contributed by atoms with Crippen molar-refractivity contribution in [2.75, 3.05) is 13.1 Å². The predicted molar refractivity (Wildman–Crippen MR) is 124 cm³/mol. The van der Waals surface area contributed by atoms with Gasteiger partial charge in [-0.05, 0) is 38.1 Å². The Morgan fingerprint density at radius 1 is 1.10 bits per heavy atom. The number of hydrogen-bond acceptors (Lipinski definition) is 3. The van der Waals surface area contributed by atoms with Crippen LogP contribution in [0.4, 0.5) is 0 Å². The molecule has 0 unspecified atom stereocenters. The molecule has 0 spiro atoms. The quantitative estimate of drug-likeness (QED) is 0.536. The van der Waals surface area contributed by atoms with Crippen LogP contribution in [0.1, 0.15) is 34.7 Å². The number of carbonyl (C=O) groups is 2. The standard InChI is InChI=1S/C25H28N4O2/c1-5-15-28(16-6-2)23(30)17-29-22-10-8-7-9-21(22)27-24(29)19(4)26-25(31)20-13-11-18(3)12-14-20/h5-14,19H,1-2,15-17H2,3-4H3,(H,26,31)/t19-/m0/s1. The molecule has 0 saturated carbocycles. The lowest BCUT2D eigenvalue weighted by molar-refractivity contribution is -0.130. The summed E-state index contributed by atoms with van der Waals surface area (Å²) < 4.78 is 1.87. The summed E-state index contributed by atoms with van der Waals surface area (Å²) in [6.45, 7) is 12.3. The third-order valence-electron chi connectivity index (χ3n) is 5.08. The lowest BCUT2D eigenvalue weighted by Crippen LogP contribution is -2.35. The summed E-state index contributed by atoms with van der Waals surface area (Å²) in [5.74, 6) is 0.380. The molecule has 0 bridgehead atoms. The molecule has 1 aromatic heterocycles. The third kappa shape index (κ3) is 5.09. The Hall–Kier alpha value is -3.67. The fourth-order valence-corrected chi connectivity index (χ4v) is 3.47. The van der Waals surface area contributed by atoms with Gasteiger partial charge in [0.25, 0.3) is 5.91 Å². The van der Waals surface area contributed by atoms with Gasteiger partial charge in [-0.25, -0.2) is 4.98 Å². The van der Waals surface area contributed by atoms with E-state index in [-0.39, 0.29) is 24.4 Å². The Kier molecular flexibility index (Phi) is 7.03. The number of amides is 2. The fraction of sp³-hybridized carbons (Fsp3) is 0.240. The summed E-state index contributed by atoms with van der Waals surface area (Å²) in [6, 6.07) is 14.7. The SMILES string of the molecule is C=CCN(CC=C)C(=O)Cn1c([C@H](C)NC(=O)c2ccc(C)cc2)nc2ccccc21. The largest absolute Gasteiger partial charge is 0.342 e. The van der Waals surface area contributed by atoms with Gasteiger partial charge in [-0.1, -0.05) is 42.0 Å². The summed E-state index contributed by atoms with van der Waals surface area (Å²) in [5.41, 5.74) is 3.30. The highest BCUT2D eigenvalue weighted by Gasteiger charge is 2.22. The van der Waals surface area contributed by atoms with Crippen molar-refractivity contribution in [2.24, 2.45) is 0 Å². The number of aryl methyl sites for hydroxylation is 1. The minimum absolute atomic E-state index is 0.0683. The molecule has 6 nitrogen and oxygen atoms in total. The van der Waals surface area contributed by atoms with E-state index in [2.05, 4.69) is 18.5 Å². The average molecular weight is 417 g/mol. The van der Waals surface area contributed by atoms with E-state index in [4.69, 9.17) is 4.98 Å². The van der Waals surface area contributed by atoms with Crippen LogP contribution in [0.25, 0.3) is 11.0 Å². The molecule has 0 radical (unpaired) electrons. The average Bonchev–Trinajstić information content (AvgIpc) is 3.12. The topological polar surface area (TPSA) is 67.2 Å². The molecule has 3 aromatic rings. The van der Waals surface area contributed by atoms with Crippen LogP contribution in [0.15, 0.2) is 73.8 Å². The monoisotopic (exact) mass is 416 g/mol. The molecule has 31 heavy (non-hydrogen) atoms. The van der Waals surface area contributed by atoms with E-state index in [1.54, 1.807) is 29.2 Å². The van der Waals surface area contributed by atoms with E-state index in [0.29, 0.717) is 24.5 Å². The van der Waals surface area contributed by atoms with Gasteiger partial charge in [0.05, 0.1) is 17.1 Å². The van der Waals surface area contributed by atoms with Crippen molar-refractivity contribution in [3.8, 4) is 0 Å². The summed E-state index contributed by atoms with van der Waals surface area (Å²) in [5, 5.41) is 3.01. The van der Waals surface area contributed by atoms with Crippen LogP contribution in [0.2, 0.25) is 0 Å². The summed E-state index contributed by atoms with van der Waals surface area (Å²) in [6.07, 6.45) is 3.39. The maximum Gasteiger partial charge on any atom is 0.251 e. The first-order chi connectivity index (χ1) is 14.9. The van der Waals surface area contributed by atoms with Crippen LogP contribution in [-0.2, 0) is 11.3 Å². The van der Waals surface area contributed by atoms with Crippen molar-refractivity contribution in [3.63, 3.8) is 0 Å². The Bertz CT molecular complexity index is 1090. The third-order valence-corrected chi connectivity index (χ3v) is 5.08. The molecule has 1 N–H and O–H groups in total. The number of nitrogens with one attached hydrogen (secondary N) is 1. The van der Waals surface area contributed by atoms with Crippen LogP contribution >= 0.6 is 0 Å². The van der Waals surface area contributed by atoms with Gasteiger partial charge in [-0.15, -0.1) is 13.2 Å². The second kappa shape index (κ2) is 9.89. The van der Waals surface area contributed by atoms with Crippen molar-refractivity contribution in [1.29, 1.82) is 0 Å². The number of rotatable bonds is 9. The maximum absolute atomic E-state index is 13.0. The van der Waals surface area contributed by atoms with Gasteiger partial charge in [0.1, 0.15) is 12.4 Å².